The predicted octanol–water partition coefficient (Wildman–Crippen LogP) is 2.97. The van der Waals surface area contributed by atoms with Gasteiger partial charge in [0.05, 0.1) is 7.11 Å². The van der Waals surface area contributed by atoms with Crippen LogP contribution in [0.25, 0.3) is 0 Å². The quantitative estimate of drug-likeness (QED) is 0.856. The van der Waals surface area contributed by atoms with Crippen LogP contribution in [0.2, 0.25) is 0 Å². The lowest BCUT2D eigenvalue weighted by Gasteiger charge is -2.09. The zero-order chi connectivity index (χ0) is 13.8. The summed E-state index contributed by atoms with van der Waals surface area (Å²) in [5.74, 6) is 1.31. The van der Waals surface area contributed by atoms with E-state index in [0.29, 0.717) is 12.3 Å². The van der Waals surface area contributed by atoms with E-state index in [1.165, 1.54) is 0 Å². The molecule has 0 unspecified atom stereocenters. The van der Waals surface area contributed by atoms with Gasteiger partial charge in [-0.3, -0.25) is 0 Å². The number of nitrogens with zero attached hydrogens (tertiary/aromatic N) is 1. The molecule has 0 radical (unpaired) electrons. The van der Waals surface area contributed by atoms with E-state index in [2.05, 4.69) is 5.16 Å². The molecule has 0 aromatic heterocycles. The Bertz CT molecular complexity index is 593. The zero-order valence-electron chi connectivity index (χ0n) is 11.2. The molecule has 2 aromatic rings. The molecule has 1 heterocycles. The average Bonchev–Trinajstić information content (AvgIpc) is 2.97. The number of rotatable bonds is 4. The second-order valence-corrected chi connectivity index (χ2v) is 4.47. The van der Waals surface area contributed by atoms with Crippen molar-refractivity contribution < 1.29 is 14.3 Å². The monoisotopic (exact) mass is 269 g/mol. The van der Waals surface area contributed by atoms with Crippen molar-refractivity contribution in [3.8, 4) is 5.75 Å². The van der Waals surface area contributed by atoms with Gasteiger partial charge >= 0.3 is 0 Å². The third kappa shape index (κ3) is 2.74. The van der Waals surface area contributed by atoms with Crippen molar-refractivity contribution in [2.75, 3.05) is 7.11 Å². The highest BCUT2D eigenvalue weighted by Gasteiger charge is 2.23. The molecule has 1 aliphatic heterocycles. The van der Waals surface area contributed by atoms with Crippen molar-refractivity contribution in [3.05, 3.63) is 65.7 Å². The first-order chi connectivity index (χ1) is 9.85. The molecule has 4 heteroatoms. The van der Waals surface area contributed by atoms with E-state index in [1.54, 1.807) is 7.11 Å². The van der Waals surface area contributed by atoms with Gasteiger partial charge in [-0.15, -0.1) is 0 Å². The van der Waals surface area contributed by atoms with E-state index in [0.717, 1.165) is 16.9 Å². The van der Waals surface area contributed by atoms with Gasteiger partial charge in [-0.25, -0.2) is 0 Å². The lowest BCUT2D eigenvalue weighted by Crippen LogP contribution is -2.15. The summed E-state index contributed by atoms with van der Waals surface area (Å²) in [6, 6.07) is 17.6. The Labute approximate surface area is 117 Å². The molecule has 0 aliphatic carbocycles. The fourth-order valence-corrected chi connectivity index (χ4v) is 2.01. The molecule has 0 fully saturated rings. The van der Waals surface area contributed by atoms with Gasteiger partial charge in [-0.05, 0) is 35.0 Å². The van der Waals surface area contributed by atoms with Crippen LogP contribution in [0.15, 0.2) is 59.8 Å². The molecular formula is C16H15NO3. The molecular weight excluding hydrogens is 254 g/mol. The van der Waals surface area contributed by atoms with E-state index in [9.17, 15) is 0 Å². The highest BCUT2D eigenvalue weighted by atomic mass is 16.8. The van der Waals surface area contributed by atoms with E-state index in [1.807, 2.05) is 54.6 Å². The maximum Gasteiger partial charge on any atom is 0.271 e. The molecule has 2 aromatic carbocycles. The summed E-state index contributed by atoms with van der Waals surface area (Å²) in [4.78, 5) is 5.31. The van der Waals surface area contributed by atoms with Gasteiger partial charge in [0, 0.05) is 12.0 Å². The van der Waals surface area contributed by atoms with Gasteiger partial charge in [0.2, 0.25) is 0 Å². The Morgan fingerprint density at radius 1 is 1.05 bits per heavy atom. The zero-order valence-corrected chi connectivity index (χ0v) is 11.2. The van der Waals surface area contributed by atoms with Gasteiger partial charge in [0.1, 0.15) is 5.75 Å². The highest BCUT2D eigenvalue weighted by Crippen LogP contribution is 2.19. The number of methoxy groups -OCH3 is 1. The van der Waals surface area contributed by atoms with Crippen molar-refractivity contribution >= 4 is 5.90 Å². The summed E-state index contributed by atoms with van der Waals surface area (Å²) in [6.45, 7) is 0. The molecule has 20 heavy (non-hydrogen) atoms. The number of ether oxygens (including phenoxy) is 2. The van der Waals surface area contributed by atoms with Crippen molar-refractivity contribution in [2.24, 2.45) is 5.16 Å². The molecule has 1 atom stereocenters. The largest absolute Gasteiger partial charge is 0.497 e. The Hall–Kier alpha value is -2.49. The molecule has 0 saturated carbocycles. The van der Waals surface area contributed by atoms with Crippen molar-refractivity contribution in [3.63, 3.8) is 0 Å². The van der Waals surface area contributed by atoms with Gasteiger partial charge in [-0.2, -0.15) is 0 Å². The first-order valence-corrected chi connectivity index (χ1v) is 6.44. The van der Waals surface area contributed by atoms with Crippen LogP contribution >= 0.6 is 0 Å². The molecule has 102 valence electrons. The summed E-state index contributed by atoms with van der Waals surface area (Å²) in [6.07, 6.45) is 0.304. The fourth-order valence-electron chi connectivity index (χ4n) is 2.01. The van der Waals surface area contributed by atoms with Gasteiger partial charge in [0.15, 0.2) is 0 Å². The molecule has 1 aliphatic rings. The summed E-state index contributed by atoms with van der Waals surface area (Å²) >= 11 is 0. The van der Waals surface area contributed by atoms with E-state index in [-0.39, 0.29) is 6.29 Å². The van der Waals surface area contributed by atoms with Gasteiger partial charge < -0.3 is 14.3 Å². The van der Waals surface area contributed by atoms with Crippen molar-refractivity contribution in [2.45, 2.75) is 12.7 Å². The number of benzene rings is 2. The van der Waals surface area contributed by atoms with Gasteiger partial charge in [0.25, 0.3) is 12.2 Å². The average molecular weight is 269 g/mol. The molecule has 0 amide bonds. The van der Waals surface area contributed by atoms with Crippen LogP contribution in [0.3, 0.4) is 0 Å². The first kappa shape index (κ1) is 12.5. The van der Waals surface area contributed by atoms with E-state index < -0.39 is 0 Å². The predicted molar refractivity (Wildman–Crippen MR) is 75.6 cm³/mol. The second kappa shape index (κ2) is 5.65. The minimum atomic E-state index is -0.366. The minimum Gasteiger partial charge on any atom is -0.497 e. The lowest BCUT2D eigenvalue weighted by molar-refractivity contribution is -0.0457. The van der Waals surface area contributed by atoms with E-state index >= 15 is 0 Å². The minimum absolute atomic E-state index is 0.366. The van der Waals surface area contributed by atoms with Crippen LogP contribution in [-0.4, -0.2) is 19.3 Å². The third-order valence-corrected chi connectivity index (χ3v) is 3.08. The third-order valence-electron chi connectivity index (χ3n) is 3.08. The SMILES string of the molecule is COc1ccc(C2=NO[C@@H](Cc3ccccc3)O2)cc1. The van der Waals surface area contributed by atoms with E-state index in [4.69, 9.17) is 14.3 Å². The second-order valence-electron chi connectivity index (χ2n) is 4.47. The smallest absolute Gasteiger partial charge is 0.271 e. The summed E-state index contributed by atoms with van der Waals surface area (Å²) in [7, 11) is 1.64. The van der Waals surface area contributed by atoms with Crippen LogP contribution in [0, 0.1) is 0 Å². The maximum atomic E-state index is 5.71. The fraction of sp³-hybridized carbons (Fsp3) is 0.188. The lowest BCUT2D eigenvalue weighted by atomic mass is 10.1. The van der Waals surface area contributed by atoms with Crippen molar-refractivity contribution in [1.82, 2.24) is 0 Å². The Morgan fingerprint density at radius 3 is 2.50 bits per heavy atom. The molecule has 3 rings (SSSR count). The molecule has 0 N–H and O–H groups in total. The molecule has 0 saturated heterocycles. The Kier molecular flexibility index (Phi) is 3.54. The summed E-state index contributed by atoms with van der Waals surface area (Å²) in [5, 5.41) is 3.99. The van der Waals surface area contributed by atoms with Crippen LogP contribution < -0.4 is 4.74 Å². The topological polar surface area (TPSA) is 40.0 Å². The number of oxime groups is 1. The number of hydrogen-bond donors (Lipinski definition) is 0. The van der Waals surface area contributed by atoms with Crippen LogP contribution in [0.1, 0.15) is 11.1 Å². The molecule has 0 spiro atoms. The van der Waals surface area contributed by atoms with Crippen molar-refractivity contribution in [1.29, 1.82) is 0 Å². The normalized spacial score (nSPS) is 17.1. The summed E-state index contributed by atoms with van der Waals surface area (Å²) < 4.78 is 10.8. The maximum absolute atomic E-state index is 5.71. The number of hydrogen-bond acceptors (Lipinski definition) is 4. The molecule has 0 bridgehead atoms. The first-order valence-electron chi connectivity index (χ1n) is 6.44. The van der Waals surface area contributed by atoms with Crippen LogP contribution in [0.5, 0.6) is 5.75 Å². The highest BCUT2D eigenvalue weighted by molar-refractivity contribution is 5.94. The van der Waals surface area contributed by atoms with Crippen LogP contribution in [-0.2, 0) is 16.0 Å². The van der Waals surface area contributed by atoms with Gasteiger partial charge in [-0.1, -0.05) is 30.3 Å². The molecule has 4 nitrogen and oxygen atoms in total. The Balaban J connectivity index is 1.63. The standard InChI is InChI=1S/C16H15NO3/c1-18-14-9-7-13(8-10-14)16-17-20-15(19-16)11-12-5-3-2-4-6-12/h2-10,15H,11H2,1H3/t15-/m0/s1. The summed E-state index contributed by atoms with van der Waals surface area (Å²) in [5.41, 5.74) is 2.03. The Morgan fingerprint density at radius 2 is 1.80 bits per heavy atom. The van der Waals surface area contributed by atoms with Crippen LogP contribution in [0.4, 0.5) is 0 Å².